The van der Waals surface area contributed by atoms with E-state index < -0.39 is 5.41 Å². The van der Waals surface area contributed by atoms with E-state index in [4.69, 9.17) is 4.74 Å². The Hall–Kier alpha value is -2.24. The maximum atomic E-state index is 12.1. The van der Waals surface area contributed by atoms with Crippen LogP contribution in [0, 0.1) is 12.3 Å². The Kier molecular flexibility index (Phi) is 8.25. The van der Waals surface area contributed by atoms with Gasteiger partial charge in [0.25, 0.3) is 0 Å². The van der Waals surface area contributed by atoms with Crippen LogP contribution in [0.3, 0.4) is 0 Å². The number of carbonyl (C=O) groups is 1. The molecule has 1 rings (SSSR count). The average Bonchev–Trinajstić information content (AvgIpc) is 2.58. The largest absolute Gasteiger partial charge is 0.496 e. The molecule has 0 aromatic heterocycles. The summed E-state index contributed by atoms with van der Waals surface area (Å²) < 4.78 is 5.43. The first kappa shape index (κ1) is 20.8. The van der Waals surface area contributed by atoms with E-state index in [1.54, 1.807) is 7.11 Å². The first-order valence-corrected chi connectivity index (χ1v) is 8.78. The Bertz CT molecular complexity index is 597. The smallest absolute Gasteiger partial charge is 0.227 e. The van der Waals surface area contributed by atoms with Gasteiger partial charge in [-0.1, -0.05) is 12.1 Å². The SMILES string of the molecule is CCNC(=O)C(C)(C)CNC(=NCc1ccc(C)cc1OC)NCC. The fourth-order valence-corrected chi connectivity index (χ4v) is 2.27. The number of ether oxygens (including phenoxy) is 1. The number of aryl methyl sites for hydroxylation is 1. The Labute approximate surface area is 151 Å². The highest BCUT2D eigenvalue weighted by atomic mass is 16.5. The number of amides is 1. The zero-order valence-electron chi connectivity index (χ0n) is 16.3. The summed E-state index contributed by atoms with van der Waals surface area (Å²) in [7, 11) is 1.67. The van der Waals surface area contributed by atoms with Crippen molar-refractivity contribution in [3.63, 3.8) is 0 Å². The molecule has 25 heavy (non-hydrogen) atoms. The van der Waals surface area contributed by atoms with Crippen LogP contribution >= 0.6 is 0 Å². The number of rotatable bonds is 8. The van der Waals surface area contributed by atoms with E-state index in [2.05, 4.69) is 20.9 Å². The molecule has 1 aromatic rings. The van der Waals surface area contributed by atoms with Crippen LogP contribution in [-0.4, -0.2) is 38.6 Å². The van der Waals surface area contributed by atoms with Crippen LogP contribution in [-0.2, 0) is 11.3 Å². The summed E-state index contributed by atoms with van der Waals surface area (Å²) in [6.07, 6.45) is 0. The molecule has 1 amide bonds. The van der Waals surface area contributed by atoms with Gasteiger partial charge < -0.3 is 20.7 Å². The van der Waals surface area contributed by atoms with Gasteiger partial charge in [0.15, 0.2) is 5.96 Å². The molecule has 6 heteroatoms. The number of benzene rings is 1. The van der Waals surface area contributed by atoms with Crippen molar-refractivity contribution in [1.29, 1.82) is 0 Å². The molecule has 0 spiro atoms. The van der Waals surface area contributed by atoms with Crippen molar-refractivity contribution in [2.75, 3.05) is 26.7 Å². The highest BCUT2D eigenvalue weighted by Crippen LogP contribution is 2.20. The van der Waals surface area contributed by atoms with Crippen molar-refractivity contribution in [2.45, 2.75) is 41.2 Å². The molecular formula is C19H32N4O2. The molecule has 0 unspecified atom stereocenters. The fraction of sp³-hybridized carbons (Fsp3) is 0.579. The van der Waals surface area contributed by atoms with E-state index in [-0.39, 0.29) is 5.91 Å². The summed E-state index contributed by atoms with van der Waals surface area (Å²) in [5.41, 5.74) is 1.65. The Morgan fingerprint density at radius 1 is 1.16 bits per heavy atom. The molecule has 0 atom stereocenters. The van der Waals surface area contributed by atoms with Crippen molar-refractivity contribution in [1.82, 2.24) is 16.0 Å². The molecule has 0 saturated heterocycles. The molecule has 0 aliphatic carbocycles. The summed E-state index contributed by atoms with van der Waals surface area (Å²) in [5.74, 6) is 1.54. The number of nitrogens with zero attached hydrogens (tertiary/aromatic N) is 1. The number of hydrogen-bond acceptors (Lipinski definition) is 3. The minimum absolute atomic E-state index is 0.0264. The van der Waals surface area contributed by atoms with Crippen molar-refractivity contribution in [3.05, 3.63) is 29.3 Å². The molecule has 140 valence electrons. The molecule has 0 bridgehead atoms. The normalized spacial score (nSPS) is 11.8. The predicted molar refractivity (Wildman–Crippen MR) is 103 cm³/mol. The third kappa shape index (κ3) is 6.64. The van der Waals surface area contributed by atoms with Gasteiger partial charge in [-0.05, 0) is 46.2 Å². The first-order chi connectivity index (χ1) is 11.8. The minimum atomic E-state index is -0.520. The highest BCUT2D eigenvalue weighted by molar-refractivity contribution is 5.84. The summed E-state index contributed by atoms with van der Waals surface area (Å²) in [5, 5.41) is 9.33. The van der Waals surface area contributed by atoms with Gasteiger partial charge in [-0.3, -0.25) is 4.79 Å². The molecule has 1 aromatic carbocycles. The lowest BCUT2D eigenvalue weighted by atomic mass is 9.92. The van der Waals surface area contributed by atoms with Crippen molar-refractivity contribution in [2.24, 2.45) is 10.4 Å². The van der Waals surface area contributed by atoms with E-state index in [0.717, 1.165) is 23.4 Å². The fourth-order valence-electron chi connectivity index (χ4n) is 2.27. The zero-order chi connectivity index (χ0) is 18.9. The van der Waals surface area contributed by atoms with Crippen LogP contribution in [0.25, 0.3) is 0 Å². The summed E-state index contributed by atoms with van der Waals surface area (Å²) >= 11 is 0. The van der Waals surface area contributed by atoms with E-state index >= 15 is 0 Å². The number of methoxy groups -OCH3 is 1. The quantitative estimate of drug-likeness (QED) is 0.497. The maximum Gasteiger partial charge on any atom is 0.227 e. The van der Waals surface area contributed by atoms with Crippen LogP contribution in [0.4, 0.5) is 0 Å². The zero-order valence-corrected chi connectivity index (χ0v) is 16.3. The second-order valence-electron chi connectivity index (χ2n) is 6.61. The molecule has 0 saturated carbocycles. The lowest BCUT2D eigenvalue weighted by Gasteiger charge is -2.24. The van der Waals surface area contributed by atoms with Crippen molar-refractivity contribution in [3.8, 4) is 5.75 Å². The first-order valence-electron chi connectivity index (χ1n) is 8.78. The molecule has 0 aliphatic heterocycles. The monoisotopic (exact) mass is 348 g/mol. The van der Waals surface area contributed by atoms with Gasteiger partial charge >= 0.3 is 0 Å². The number of hydrogen-bond donors (Lipinski definition) is 3. The van der Waals surface area contributed by atoms with E-state index in [0.29, 0.717) is 25.6 Å². The lowest BCUT2D eigenvalue weighted by molar-refractivity contribution is -0.128. The van der Waals surface area contributed by atoms with Crippen LogP contribution in [0.15, 0.2) is 23.2 Å². The second kappa shape index (κ2) is 9.91. The van der Waals surface area contributed by atoms with E-state index in [1.807, 2.05) is 52.8 Å². The molecule has 3 N–H and O–H groups in total. The van der Waals surface area contributed by atoms with Gasteiger partial charge in [0.05, 0.1) is 19.1 Å². The topological polar surface area (TPSA) is 74.8 Å². The van der Waals surface area contributed by atoms with Crippen LogP contribution in [0.5, 0.6) is 5.75 Å². The summed E-state index contributed by atoms with van der Waals surface area (Å²) in [4.78, 5) is 16.7. The molecule has 0 aliphatic rings. The van der Waals surface area contributed by atoms with Crippen LogP contribution in [0.2, 0.25) is 0 Å². The minimum Gasteiger partial charge on any atom is -0.496 e. The van der Waals surface area contributed by atoms with Crippen molar-refractivity contribution < 1.29 is 9.53 Å². The number of aliphatic imine (C=N–C) groups is 1. The van der Waals surface area contributed by atoms with E-state index in [9.17, 15) is 4.79 Å². The number of guanidine groups is 1. The standard InChI is InChI=1S/C19H32N4O2/c1-7-20-17(24)19(4,5)13-23-18(21-8-2)22-12-15-10-9-14(3)11-16(15)25-6/h9-11H,7-8,12-13H2,1-6H3,(H,20,24)(H2,21,22,23). The Morgan fingerprint density at radius 2 is 1.84 bits per heavy atom. The number of nitrogens with one attached hydrogen (secondary N) is 3. The molecule has 0 fully saturated rings. The highest BCUT2D eigenvalue weighted by Gasteiger charge is 2.27. The Balaban J connectivity index is 2.79. The van der Waals surface area contributed by atoms with Gasteiger partial charge in [-0.2, -0.15) is 0 Å². The summed E-state index contributed by atoms with van der Waals surface area (Å²) in [6.45, 7) is 12.2. The van der Waals surface area contributed by atoms with Gasteiger partial charge in [0.2, 0.25) is 5.91 Å². The third-order valence-electron chi connectivity index (χ3n) is 3.84. The predicted octanol–water partition coefficient (Wildman–Crippen LogP) is 2.22. The van der Waals surface area contributed by atoms with Gasteiger partial charge in [-0.15, -0.1) is 0 Å². The maximum absolute atomic E-state index is 12.1. The Morgan fingerprint density at radius 3 is 2.44 bits per heavy atom. The van der Waals surface area contributed by atoms with Crippen LogP contribution in [0.1, 0.15) is 38.8 Å². The third-order valence-corrected chi connectivity index (χ3v) is 3.84. The summed E-state index contributed by atoms with van der Waals surface area (Å²) in [6, 6.07) is 6.08. The second-order valence-corrected chi connectivity index (χ2v) is 6.61. The van der Waals surface area contributed by atoms with Crippen LogP contribution < -0.4 is 20.7 Å². The van der Waals surface area contributed by atoms with Gasteiger partial charge in [-0.25, -0.2) is 4.99 Å². The molecular weight excluding hydrogens is 316 g/mol. The number of carbonyl (C=O) groups excluding carboxylic acids is 1. The van der Waals surface area contributed by atoms with Gasteiger partial charge in [0.1, 0.15) is 5.75 Å². The van der Waals surface area contributed by atoms with Gasteiger partial charge in [0, 0.05) is 25.2 Å². The molecule has 0 radical (unpaired) electrons. The molecule has 6 nitrogen and oxygen atoms in total. The molecule has 0 heterocycles. The van der Waals surface area contributed by atoms with E-state index in [1.165, 1.54) is 0 Å². The van der Waals surface area contributed by atoms with Crippen molar-refractivity contribution >= 4 is 11.9 Å². The lowest BCUT2D eigenvalue weighted by Crippen LogP contribution is -2.47. The average molecular weight is 348 g/mol.